The molecule has 2 heterocycles. The van der Waals surface area contributed by atoms with Gasteiger partial charge in [-0.2, -0.15) is 18.3 Å². The van der Waals surface area contributed by atoms with Gasteiger partial charge in [0.2, 0.25) is 0 Å². The molecule has 0 spiro atoms. The van der Waals surface area contributed by atoms with Gasteiger partial charge in [-0.05, 0) is 73.6 Å². The van der Waals surface area contributed by atoms with E-state index in [9.17, 15) is 13.2 Å². The molecular weight excluding hydrogens is 455 g/mol. The Kier molecular flexibility index (Phi) is 7.35. The van der Waals surface area contributed by atoms with Crippen molar-refractivity contribution in [3.05, 3.63) is 34.5 Å². The zero-order chi connectivity index (χ0) is 22.3. The molecule has 1 aromatic heterocycles. The summed E-state index contributed by atoms with van der Waals surface area (Å²) < 4.78 is 35.5. The van der Waals surface area contributed by atoms with Gasteiger partial charge < -0.3 is 10.1 Å². The molecule has 33 heavy (non-hydrogen) atoms. The van der Waals surface area contributed by atoms with Crippen LogP contribution in [0, 0.1) is 0 Å². The van der Waals surface area contributed by atoms with Crippen molar-refractivity contribution in [1.82, 2.24) is 19.7 Å². The van der Waals surface area contributed by atoms with E-state index in [0.29, 0.717) is 26.1 Å². The maximum absolute atomic E-state index is 13.3. The summed E-state index contributed by atoms with van der Waals surface area (Å²) in [7, 11) is -2.59. The molecule has 2 amide bonds. The standard InChI is InChI=1S/C21H28N6O4S.Na.H/c1-26-22-13-19(24-26)27(16-8-10-31-11-9-16)32(29,30)25-21(28)23-20-17-6-2-4-14(17)12-15-5-3-7-18(15)20;;/h12-13,16H,2-11H2,1H3,(H2,23,25,28);;. The van der Waals surface area contributed by atoms with E-state index in [1.807, 2.05) is 0 Å². The second-order valence-electron chi connectivity index (χ2n) is 8.63. The van der Waals surface area contributed by atoms with Crippen molar-refractivity contribution in [2.24, 2.45) is 7.05 Å². The van der Waals surface area contributed by atoms with Gasteiger partial charge in [0.1, 0.15) is 0 Å². The van der Waals surface area contributed by atoms with E-state index < -0.39 is 16.2 Å². The van der Waals surface area contributed by atoms with Crippen LogP contribution >= 0.6 is 0 Å². The van der Waals surface area contributed by atoms with Gasteiger partial charge in [0, 0.05) is 25.9 Å². The molecule has 3 aliphatic rings. The summed E-state index contributed by atoms with van der Waals surface area (Å²) in [5.41, 5.74) is 5.64. The number of rotatable bonds is 5. The molecule has 174 valence electrons. The molecule has 2 aliphatic carbocycles. The summed E-state index contributed by atoms with van der Waals surface area (Å²) in [4.78, 5) is 14.3. The van der Waals surface area contributed by atoms with Crippen molar-refractivity contribution in [2.45, 2.75) is 57.4 Å². The van der Waals surface area contributed by atoms with Crippen LogP contribution in [0.5, 0.6) is 0 Å². The number of nitrogens with one attached hydrogen (secondary N) is 2. The van der Waals surface area contributed by atoms with E-state index >= 15 is 0 Å². The molecule has 1 fully saturated rings. The fourth-order valence-corrected chi connectivity index (χ4v) is 6.45. The molecule has 0 unspecified atom stereocenters. The van der Waals surface area contributed by atoms with Gasteiger partial charge >= 0.3 is 45.8 Å². The normalized spacial score (nSPS) is 17.7. The summed E-state index contributed by atoms with van der Waals surface area (Å²) in [6.45, 7) is 0.900. The van der Waals surface area contributed by atoms with Gasteiger partial charge in [-0.1, -0.05) is 6.07 Å². The van der Waals surface area contributed by atoms with Crippen LogP contribution in [-0.2, 0) is 47.7 Å². The summed E-state index contributed by atoms with van der Waals surface area (Å²) in [6, 6.07) is 1.15. The van der Waals surface area contributed by atoms with Crippen LogP contribution in [0.3, 0.4) is 0 Å². The molecule has 2 N–H and O–H groups in total. The van der Waals surface area contributed by atoms with Crippen molar-refractivity contribution in [2.75, 3.05) is 22.8 Å². The number of carbonyl (C=O) groups is 1. The number of benzene rings is 1. The number of aryl methyl sites for hydroxylation is 3. The van der Waals surface area contributed by atoms with Crippen molar-refractivity contribution in [3.8, 4) is 0 Å². The Hall–Kier alpha value is -1.66. The fraction of sp³-hybridized carbons (Fsp3) is 0.571. The molecule has 0 saturated carbocycles. The van der Waals surface area contributed by atoms with Crippen molar-refractivity contribution in [3.63, 3.8) is 0 Å². The average Bonchev–Trinajstić information content (AvgIpc) is 3.49. The topological polar surface area (TPSA) is 118 Å². The maximum atomic E-state index is 13.3. The summed E-state index contributed by atoms with van der Waals surface area (Å²) in [6.07, 6.45) is 8.33. The van der Waals surface area contributed by atoms with E-state index in [0.717, 1.165) is 55.3 Å². The Labute approximate surface area is 215 Å². The van der Waals surface area contributed by atoms with Gasteiger partial charge in [0.05, 0.1) is 12.2 Å². The Morgan fingerprint density at radius 3 is 2.33 bits per heavy atom. The Morgan fingerprint density at radius 2 is 1.76 bits per heavy atom. The first-order valence-electron chi connectivity index (χ1n) is 11.2. The Balaban J connectivity index is 0.00000259. The Morgan fingerprint density at radius 1 is 1.12 bits per heavy atom. The van der Waals surface area contributed by atoms with E-state index in [4.69, 9.17) is 4.74 Å². The predicted octanol–water partition coefficient (Wildman–Crippen LogP) is 1.20. The SMILES string of the molecule is Cn1ncc(N(C2CCOCC2)S(=O)(=O)NC(=O)Nc2c3c(cc4c2CCC4)CCC3)n1.[NaH]. The van der Waals surface area contributed by atoms with Crippen LogP contribution in [0.4, 0.5) is 16.3 Å². The molecule has 1 aromatic carbocycles. The number of carbonyl (C=O) groups excluding carboxylic acids is 1. The zero-order valence-corrected chi connectivity index (χ0v) is 18.9. The van der Waals surface area contributed by atoms with E-state index in [-0.39, 0.29) is 41.4 Å². The molecule has 0 radical (unpaired) electrons. The quantitative estimate of drug-likeness (QED) is 0.616. The van der Waals surface area contributed by atoms with Gasteiger partial charge in [-0.3, -0.25) is 0 Å². The second kappa shape index (κ2) is 9.91. The van der Waals surface area contributed by atoms with Crippen molar-refractivity contribution < 1.29 is 17.9 Å². The molecule has 0 atom stereocenters. The molecular formula is C21H29N6NaO4S. The van der Waals surface area contributed by atoms with Crippen LogP contribution in [0.1, 0.15) is 47.9 Å². The summed E-state index contributed by atoms with van der Waals surface area (Å²) in [5, 5.41) is 11.1. The average molecular weight is 485 g/mol. The van der Waals surface area contributed by atoms with Crippen LogP contribution in [-0.4, -0.2) is 78.3 Å². The molecule has 1 saturated heterocycles. The van der Waals surface area contributed by atoms with Gasteiger partial charge in [0.15, 0.2) is 5.82 Å². The van der Waals surface area contributed by atoms with Crippen LogP contribution in [0.25, 0.3) is 0 Å². The van der Waals surface area contributed by atoms with Crippen LogP contribution in [0.15, 0.2) is 12.3 Å². The zero-order valence-electron chi connectivity index (χ0n) is 18.1. The van der Waals surface area contributed by atoms with Crippen molar-refractivity contribution >= 4 is 57.3 Å². The van der Waals surface area contributed by atoms with Gasteiger partial charge in [-0.15, -0.1) is 5.10 Å². The number of nitrogens with zero attached hydrogens (tertiary/aromatic N) is 4. The molecule has 10 nitrogen and oxygen atoms in total. The monoisotopic (exact) mass is 484 g/mol. The first-order chi connectivity index (χ1) is 15.4. The number of hydrogen-bond acceptors (Lipinski definition) is 6. The minimum absolute atomic E-state index is 0. The molecule has 2 aromatic rings. The third-order valence-electron chi connectivity index (χ3n) is 6.53. The third kappa shape index (κ3) is 4.93. The molecule has 5 rings (SSSR count). The third-order valence-corrected chi connectivity index (χ3v) is 7.97. The molecule has 12 heteroatoms. The van der Waals surface area contributed by atoms with Crippen LogP contribution < -0.4 is 14.3 Å². The summed E-state index contributed by atoms with van der Waals surface area (Å²) in [5.74, 6) is 0.182. The number of amides is 2. The van der Waals surface area contributed by atoms with E-state index in [1.165, 1.54) is 26.4 Å². The van der Waals surface area contributed by atoms with Gasteiger partial charge in [0.25, 0.3) is 0 Å². The Bertz CT molecular complexity index is 1110. The fourth-order valence-electron chi connectivity index (χ4n) is 5.13. The number of anilines is 2. The molecule has 0 bridgehead atoms. The van der Waals surface area contributed by atoms with E-state index in [2.05, 4.69) is 26.3 Å². The number of urea groups is 1. The van der Waals surface area contributed by atoms with Crippen LogP contribution in [0.2, 0.25) is 0 Å². The molecule has 1 aliphatic heterocycles. The first kappa shape index (κ1) is 24.5. The minimum atomic E-state index is -4.21. The second-order valence-corrected chi connectivity index (χ2v) is 10.2. The van der Waals surface area contributed by atoms with Gasteiger partial charge in [-0.25, -0.2) is 13.8 Å². The number of fused-ring (bicyclic) bond motifs is 2. The predicted molar refractivity (Wildman–Crippen MR) is 126 cm³/mol. The van der Waals surface area contributed by atoms with E-state index in [1.54, 1.807) is 7.05 Å². The van der Waals surface area contributed by atoms with Crippen molar-refractivity contribution in [1.29, 1.82) is 0 Å². The number of ether oxygens (including phenoxy) is 1. The summed E-state index contributed by atoms with van der Waals surface area (Å²) >= 11 is 0. The first-order valence-corrected chi connectivity index (χ1v) is 12.6. The number of hydrogen-bond donors (Lipinski definition) is 2. The number of aromatic nitrogens is 3.